The topological polar surface area (TPSA) is 30.5 Å². The average Bonchev–Trinajstić information content (AvgIpc) is 2.67. The minimum atomic E-state index is 0.430. The Kier molecular flexibility index (Phi) is 6.26. The van der Waals surface area contributed by atoms with Crippen molar-refractivity contribution < 1.29 is 9.47 Å². The summed E-state index contributed by atoms with van der Waals surface area (Å²) in [5.41, 5.74) is 3.04. The van der Waals surface area contributed by atoms with Gasteiger partial charge in [-0.25, -0.2) is 0 Å². The molecule has 0 aliphatic carbocycles. The van der Waals surface area contributed by atoms with Crippen molar-refractivity contribution >= 4 is 28.9 Å². The first kappa shape index (κ1) is 18.4. The first-order chi connectivity index (χ1) is 12.7. The smallest absolute Gasteiger partial charge is 0.180 e. The third-order valence-electron chi connectivity index (χ3n) is 3.86. The van der Waals surface area contributed by atoms with E-state index in [0.29, 0.717) is 34.7 Å². The molecule has 3 rings (SSSR count). The number of methoxy groups -OCH3 is 1. The van der Waals surface area contributed by atoms with Gasteiger partial charge in [0.25, 0.3) is 0 Å². The van der Waals surface area contributed by atoms with E-state index in [1.807, 2.05) is 66.7 Å². The van der Waals surface area contributed by atoms with Gasteiger partial charge in [0.1, 0.15) is 6.61 Å². The van der Waals surface area contributed by atoms with Crippen LogP contribution < -0.4 is 14.8 Å². The van der Waals surface area contributed by atoms with Crippen LogP contribution in [0.3, 0.4) is 0 Å². The number of anilines is 1. The van der Waals surface area contributed by atoms with Crippen molar-refractivity contribution in [3.63, 3.8) is 0 Å². The Hall–Kier alpha value is -2.36. The van der Waals surface area contributed by atoms with Crippen molar-refractivity contribution in [1.82, 2.24) is 0 Å². The van der Waals surface area contributed by atoms with Crippen LogP contribution in [0.5, 0.6) is 11.5 Å². The summed E-state index contributed by atoms with van der Waals surface area (Å²) < 4.78 is 11.4. The van der Waals surface area contributed by atoms with Crippen LogP contribution in [0.25, 0.3) is 0 Å². The Labute approximate surface area is 163 Å². The van der Waals surface area contributed by atoms with E-state index >= 15 is 0 Å². The fraction of sp³-hybridized carbons (Fsp3) is 0.143. The van der Waals surface area contributed by atoms with Gasteiger partial charge in [0.05, 0.1) is 12.1 Å². The van der Waals surface area contributed by atoms with E-state index in [-0.39, 0.29) is 0 Å². The summed E-state index contributed by atoms with van der Waals surface area (Å²) in [6, 6.07) is 21.3. The van der Waals surface area contributed by atoms with Gasteiger partial charge in [0.15, 0.2) is 11.5 Å². The van der Waals surface area contributed by atoms with E-state index in [2.05, 4.69) is 5.32 Å². The third kappa shape index (κ3) is 4.84. The lowest BCUT2D eigenvalue weighted by atomic mass is 10.2. The summed E-state index contributed by atoms with van der Waals surface area (Å²) in [5.74, 6) is 1.16. The van der Waals surface area contributed by atoms with E-state index < -0.39 is 0 Å². The molecule has 0 radical (unpaired) electrons. The number of nitrogens with one attached hydrogen (secondary N) is 1. The Morgan fingerprint density at radius 3 is 2.31 bits per heavy atom. The van der Waals surface area contributed by atoms with Gasteiger partial charge in [-0.15, -0.1) is 0 Å². The lowest BCUT2D eigenvalue weighted by molar-refractivity contribution is 0.284. The second kappa shape index (κ2) is 8.84. The highest BCUT2D eigenvalue weighted by molar-refractivity contribution is 6.32. The largest absolute Gasteiger partial charge is 0.493 e. The fourth-order valence-electron chi connectivity index (χ4n) is 2.52. The Morgan fingerprint density at radius 1 is 0.885 bits per heavy atom. The molecule has 0 aliphatic heterocycles. The summed E-state index contributed by atoms with van der Waals surface area (Å²) in [7, 11) is 1.61. The van der Waals surface area contributed by atoms with Crippen LogP contribution in [-0.4, -0.2) is 7.11 Å². The highest BCUT2D eigenvalue weighted by atomic mass is 35.5. The molecule has 5 heteroatoms. The highest BCUT2D eigenvalue weighted by Gasteiger charge is 2.12. The zero-order chi connectivity index (χ0) is 18.4. The molecule has 134 valence electrons. The Balaban J connectivity index is 1.70. The molecular weight excluding hydrogens is 369 g/mol. The number of hydrogen-bond acceptors (Lipinski definition) is 3. The molecule has 0 bridgehead atoms. The molecule has 0 aromatic heterocycles. The second-order valence-corrected chi connectivity index (χ2v) is 6.59. The van der Waals surface area contributed by atoms with Crippen molar-refractivity contribution in [1.29, 1.82) is 0 Å². The van der Waals surface area contributed by atoms with E-state index in [4.69, 9.17) is 32.7 Å². The van der Waals surface area contributed by atoms with Crippen LogP contribution in [0.4, 0.5) is 5.69 Å². The number of benzene rings is 3. The van der Waals surface area contributed by atoms with Crippen molar-refractivity contribution in [2.75, 3.05) is 12.4 Å². The quantitative estimate of drug-likeness (QED) is 0.523. The summed E-state index contributed by atoms with van der Waals surface area (Å²) in [6.07, 6.45) is 0. The van der Waals surface area contributed by atoms with Crippen LogP contribution in [0.1, 0.15) is 11.1 Å². The van der Waals surface area contributed by atoms with Gasteiger partial charge >= 0.3 is 0 Å². The standard InChI is InChI=1S/C21H19Cl2NO2/c1-25-20-12-16(13-24-18-9-7-17(22)8-10-18)11-19(23)21(20)26-14-15-5-3-2-4-6-15/h2-12,24H,13-14H2,1H3. The average molecular weight is 388 g/mol. The summed E-state index contributed by atoms with van der Waals surface area (Å²) >= 11 is 12.3. The van der Waals surface area contributed by atoms with Crippen molar-refractivity contribution in [3.8, 4) is 11.5 Å². The molecule has 3 aromatic rings. The Morgan fingerprint density at radius 2 is 1.62 bits per heavy atom. The summed E-state index contributed by atoms with van der Waals surface area (Å²) in [4.78, 5) is 0. The minimum Gasteiger partial charge on any atom is -0.493 e. The maximum absolute atomic E-state index is 6.43. The zero-order valence-corrected chi connectivity index (χ0v) is 15.8. The van der Waals surface area contributed by atoms with Gasteiger partial charge in [0.2, 0.25) is 0 Å². The summed E-state index contributed by atoms with van der Waals surface area (Å²) in [5, 5.41) is 4.56. The number of halogens is 2. The van der Waals surface area contributed by atoms with Crippen molar-refractivity contribution in [3.05, 3.63) is 87.9 Å². The van der Waals surface area contributed by atoms with E-state index in [1.165, 1.54) is 0 Å². The van der Waals surface area contributed by atoms with E-state index in [1.54, 1.807) is 7.11 Å². The molecular formula is C21H19Cl2NO2. The predicted octanol–water partition coefficient (Wildman–Crippen LogP) is 6.19. The molecule has 0 amide bonds. The molecule has 26 heavy (non-hydrogen) atoms. The second-order valence-electron chi connectivity index (χ2n) is 5.74. The third-order valence-corrected chi connectivity index (χ3v) is 4.39. The van der Waals surface area contributed by atoms with Gasteiger partial charge in [-0.3, -0.25) is 0 Å². The highest BCUT2D eigenvalue weighted by Crippen LogP contribution is 2.37. The van der Waals surface area contributed by atoms with Crippen LogP contribution in [0.2, 0.25) is 10.0 Å². The molecule has 0 heterocycles. The van der Waals surface area contributed by atoms with Gasteiger partial charge in [-0.1, -0.05) is 53.5 Å². The fourth-order valence-corrected chi connectivity index (χ4v) is 2.93. The van der Waals surface area contributed by atoms with Gasteiger partial charge in [0, 0.05) is 17.3 Å². The first-order valence-electron chi connectivity index (χ1n) is 8.18. The molecule has 0 saturated heterocycles. The molecule has 3 aromatic carbocycles. The van der Waals surface area contributed by atoms with Crippen molar-refractivity contribution in [2.24, 2.45) is 0 Å². The molecule has 0 spiro atoms. The first-order valence-corrected chi connectivity index (χ1v) is 8.94. The molecule has 0 saturated carbocycles. The van der Waals surface area contributed by atoms with Crippen LogP contribution >= 0.6 is 23.2 Å². The zero-order valence-electron chi connectivity index (χ0n) is 14.3. The summed E-state index contributed by atoms with van der Waals surface area (Å²) in [6.45, 7) is 1.04. The number of rotatable bonds is 7. The van der Waals surface area contributed by atoms with E-state index in [0.717, 1.165) is 16.8 Å². The molecule has 3 nitrogen and oxygen atoms in total. The molecule has 0 fully saturated rings. The molecule has 0 atom stereocenters. The number of ether oxygens (including phenoxy) is 2. The minimum absolute atomic E-state index is 0.430. The molecule has 0 aliphatic rings. The number of hydrogen-bond donors (Lipinski definition) is 1. The van der Waals surface area contributed by atoms with Gasteiger partial charge in [-0.05, 0) is 47.5 Å². The van der Waals surface area contributed by atoms with Gasteiger partial charge in [-0.2, -0.15) is 0 Å². The van der Waals surface area contributed by atoms with Crippen LogP contribution in [-0.2, 0) is 13.2 Å². The lowest BCUT2D eigenvalue weighted by Crippen LogP contribution is -2.02. The molecule has 1 N–H and O–H groups in total. The molecule has 0 unspecified atom stereocenters. The van der Waals surface area contributed by atoms with Crippen molar-refractivity contribution in [2.45, 2.75) is 13.2 Å². The Bertz CT molecular complexity index is 852. The predicted molar refractivity (Wildman–Crippen MR) is 108 cm³/mol. The maximum atomic E-state index is 6.43. The van der Waals surface area contributed by atoms with E-state index in [9.17, 15) is 0 Å². The lowest BCUT2D eigenvalue weighted by Gasteiger charge is -2.15. The normalized spacial score (nSPS) is 10.4. The van der Waals surface area contributed by atoms with Crippen LogP contribution in [0.15, 0.2) is 66.7 Å². The maximum Gasteiger partial charge on any atom is 0.180 e. The van der Waals surface area contributed by atoms with Gasteiger partial charge < -0.3 is 14.8 Å². The van der Waals surface area contributed by atoms with Crippen LogP contribution in [0, 0.1) is 0 Å². The monoisotopic (exact) mass is 387 g/mol. The SMILES string of the molecule is COc1cc(CNc2ccc(Cl)cc2)cc(Cl)c1OCc1ccccc1.